The van der Waals surface area contributed by atoms with E-state index in [-0.39, 0.29) is 0 Å². The standard InChI is InChI=1S/C13H15N5/c1-2-18-12-4-3-9(8-14)7-11(12)16-13(18)10-5-6-15-17-10/h3-7H,2,8,14H2,1H3,(H,15,17). The average Bonchev–Trinajstić information content (AvgIpc) is 3.04. The van der Waals surface area contributed by atoms with E-state index in [2.05, 4.69) is 32.7 Å². The molecule has 5 nitrogen and oxygen atoms in total. The van der Waals surface area contributed by atoms with Crippen molar-refractivity contribution in [2.24, 2.45) is 5.73 Å². The van der Waals surface area contributed by atoms with Gasteiger partial charge in [0.1, 0.15) is 5.69 Å². The highest BCUT2D eigenvalue weighted by Gasteiger charge is 2.12. The Hall–Kier alpha value is -2.14. The highest BCUT2D eigenvalue weighted by atomic mass is 15.2. The van der Waals surface area contributed by atoms with Crippen LogP contribution in [0.1, 0.15) is 12.5 Å². The molecule has 0 aliphatic carbocycles. The Balaban J connectivity index is 2.26. The number of nitrogens with one attached hydrogen (secondary N) is 1. The molecule has 1 aromatic carbocycles. The van der Waals surface area contributed by atoms with Crippen LogP contribution in [-0.2, 0) is 13.1 Å². The molecule has 0 aliphatic rings. The molecule has 3 N–H and O–H groups in total. The van der Waals surface area contributed by atoms with Crippen LogP contribution in [0.2, 0.25) is 0 Å². The van der Waals surface area contributed by atoms with Crippen LogP contribution in [0, 0.1) is 0 Å². The molecule has 2 heterocycles. The second-order valence-corrected chi connectivity index (χ2v) is 4.18. The number of imidazole rings is 1. The minimum Gasteiger partial charge on any atom is -0.326 e. The van der Waals surface area contributed by atoms with Gasteiger partial charge in [-0.15, -0.1) is 0 Å². The molecule has 2 aromatic heterocycles. The van der Waals surface area contributed by atoms with Crippen molar-refractivity contribution >= 4 is 11.0 Å². The minimum atomic E-state index is 0.536. The average molecular weight is 241 g/mol. The van der Waals surface area contributed by atoms with Crippen LogP contribution in [0.25, 0.3) is 22.6 Å². The Morgan fingerprint density at radius 2 is 2.22 bits per heavy atom. The van der Waals surface area contributed by atoms with E-state index < -0.39 is 0 Å². The smallest absolute Gasteiger partial charge is 0.159 e. The molecule has 0 saturated heterocycles. The highest BCUT2D eigenvalue weighted by molar-refractivity contribution is 5.80. The van der Waals surface area contributed by atoms with Crippen LogP contribution < -0.4 is 5.73 Å². The summed E-state index contributed by atoms with van der Waals surface area (Å²) in [6.45, 7) is 3.51. The van der Waals surface area contributed by atoms with E-state index in [0.717, 1.165) is 34.7 Å². The molecule has 0 saturated carbocycles. The number of hydrogen-bond donors (Lipinski definition) is 2. The molecule has 5 heteroatoms. The quantitative estimate of drug-likeness (QED) is 0.735. The summed E-state index contributed by atoms with van der Waals surface area (Å²) < 4.78 is 2.17. The lowest BCUT2D eigenvalue weighted by atomic mass is 10.2. The summed E-state index contributed by atoms with van der Waals surface area (Å²) in [5.41, 5.74) is 9.79. The normalized spacial score (nSPS) is 11.2. The van der Waals surface area contributed by atoms with Gasteiger partial charge in [0, 0.05) is 19.3 Å². The molecule has 3 rings (SSSR count). The van der Waals surface area contributed by atoms with Gasteiger partial charge in [0.2, 0.25) is 0 Å². The Kier molecular flexibility index (Phi) is 2.60. The molecule has 0 radical (unpaired) electrons. The van der Waals surface area contributed by atoms with E-state index in [9.17, 15) is 0 Å². The summed E-state index contributed by atoms with van der Waals surface area (Å²) in [6.07, 6.45) is 1.74. The maximum absolute atomic E-state index is 5.66. The van der Waals surface area contributed by atoms with Crippen molar-refractivity contribution in [2.45, 2.75) is 20.0 Å². The molecule has 3 aromatic rings. The molecular weight excluding hydrogens is 226 g/mol. The van der Waals surface area contributed by atoms with Gasteiger partial charge in [0.25, 0.3) is 0 Å². The Morgan fingerprint density at radius 3 is 2.89 bits per heavy atom. The molecular formula is C13H15N5. The first kappa shape index (κ1) is 11.0. The number of nitrogens with two attached hydrogens (primary N) is 1. The molecule has 92 valence electrons. The van der Waals surface area contributed by atoms with Gasteiger partial charge in [0.05, 0.1) is 11.0 Å². The van der Waals surface area contributed by atoms with Crippen molar-refractivity contribution in [3.63, 3.8) is 0 Å². The number of aromatic amines is 1. The van der Waals surface area contributed by atoms with Crippen molar-refractivity contribution in [2.75, 3.05) is 0 Å². The second-order valence-electron chi connectivity index (χ2n) is 4.18. The molecule has 0 bridgehead atoms. The molecule has 0 aliphatic heterocycles. The number of aromatic nitrogens is 4. The zero-order valence-corrected chi connectivity index (χ0v) is 10.2. The maximum atomic E-state index is 5.66. The Bertz CT molecular complexity index is 666. The van der Waals surface area contributed by atoms with E-state index >= 15 is 0 Å². The number of hydrogen-bond acceptors (Lipinski definition) is 3. The molecule has 18 heavy (non-hydrogen) atoms. The number of aryl methyl sites for hydroxylation is 1. The maximum Gasteiger partial charge on any atom is 0.159 e. The van der Waals surface area contributed by atoms with Crippen LogP contribution in [0.15, 0.2) is 30.5 Å². The van der Waals surface area contributed by atoms with Crippen molar-refractivity contribution in [3.8, 4) is 11.5 Å². The summed E-state index contributed by atoms with van der Waals surface area (Å²) in [6, 6.07) is 8.10. The summed E-state index contributed by atoms with van der Waals surface area (Å²) >= 11 is 0. The molecule has 0 atom stereocenters. The predicted molar refractivity (Wildman–Crippen MR) is 70.9 cm³/mol. The van der Waals surface area contributed by atoms with Gasteiger partial charge in [-0.3, -0.25) is 5.10 Å². The molecule has 0 fully saturated rings. The van der Waals surface area contributed by atoms with Gasteiger partial charge in [-0.1, -0.05) is 6.07 Å². The number of rotatable bonds is 3. The van der Waals surface area contributed by atoms with E-state index in [0.29, 0.717) is 6.54 Å². The zero-order chi connectivity index (χ0) is 12.5. The SMILES string of the molecule is CCn1c(-c2ccn[nH]2)nc2cc(CN)ccc21. The van der Waals surface area contributed by atoms with Crippen molar-refractivity contribution < 1.29 is 0 Å². The first-order chi connectivity index (χ1) is 8.83. The van der Waals surface area contributed by atoms with Gasteiger partial charge in [-0.2, -0.15) is 5.10 Å². The monoisotopic (exact) mass is 241 g/mol. The first-order valence-electron chi connectivity index (χ1n) is 6.02. The lowest BCUT2D eigenvalue weighted by Gasteiger charge is -2.04. The van der Waals surface area contributed by atoms with Crippen LogP contribution in [0.3, 0.4) is 0 Å². The fraction of sp³-hybridized carbons (Fsp3) is 0.231. The first-order valence-corrected chi connectivity index (χ1v) is 6.02. The fourth-order valence-corrected chi connectivity index (χ4v) is 2.21. The van der Waals surface area contributed by atoms with Crippen molar-refractivity contribution in [3.05, 3.63) is 36.0 Å². The van der Waals surface area contributed by atoms with Crippen LogP contribution in [0.4, 0.5) is 0 Å². The lowest BCUT2D eigenvalue weighted by molar-refractivity contribution is 0.792. The number of benzene rings is 1. The molecule has 0 spiro atoms. The number of fused-ring (bicyclic) bond motifs is 1. The Morgan fingerprint density at radius 1 is 1.33 bits per heavy atom. The highest BCUT2D eigenvalue weighted by Crippen LogP contribution is 2.23. The summed E-state index contributed by atoms with van der Waals surface area (Å²) in [7, 11) is 0. The molecule has 0 unspecified atom stereocenters. The Labute approximate surface area is 105 Å². The summed E-state index contributed by atoms with van der Waals surface area (Å²) in [5, 5.41) is 6.94. The van der Waals surface area contributed by atoms with Gasteiger partial charge in [-0.25, -0.2) is 4.98 Å². The summed E-state index contributed by atoms with van der Waals surface area (Å²) in [4.78, 5) is 4.67. The topological polar surface area (TPSA) is 72.5 Å². The predicted octanol–water partition coefficient (Wildman–Crippen LogP) is 1.90. The summed E-state index contributed by atoms with van der Waals surface area (Å²) in [5.74, 6) is 0.916. The number of nitrogens with zero attached hydrogens (tertiary/aromatic N) is 3. The third-order valence-corrected chi connectivity index (χ3v) is 3.11. The van der Waals surface area contributed by atoms with Crippen LogP contribution in [-0.4, -0.2) is 19.7 Å². The van der Waals surface area contributed by atoms with Crippen molar-refractivity contribution in [1.82, 2.24) is 19.7 Å². The van der Waals surface area contributed by atoms with Gasteiger partial charge in [0.15, 0.2) is 5.82 Å². The molecule has 0 amide bonds. The van der Waals surface area contributed by atoms with Gasteiger partial charge >= 0.3 is 0 Å². The van der Waals surface area contributed by atoms with E-state index in [1.165, 1.54) is 0 Å². The van der Waals surface area contributed by atoms with Gasteiger partial charge in [-0.05, 0) is 30.7 Å². The van der Waals surface area contributed by atoms with Crippen LogP contribution >= 0.6 is 0 Å². The van der Waals surface area contributed by atoms with Crippen LogP contribution in [0.5, 0.6) is 0 Å². The minimum absolute atomic E-state index is 0.536. The van der Waals surface area contributed by atoms with Gasteiger partial charge < -0.3 is 10.3 Å². The number of H-pyrrole nitrogens is 1. The lowest BCUT2D eigenvalue weighted by Crippen LogP contribution is -1.98. The van der Waals surface area contributed by atoms with E-state index in [4.69, 9.17) is 5.73 Å². The van der Waals surface area contributed by atoms with Crippen molar-refractivity contribution in [1.29, 1.82) is 0 Å². The zero-order valence-electron chi connectivity index (χ0n) is 10.2. The third-order valence-electron chi connectivity index (χ3n) is 3.11. The van der Waals surface area contributed by atoms with E-state index in [1.54, 1.807) is 6.20 Å². The van der Waals surface area contributed by atoms with E-state index in [1.807, 2.05) is 18.2 Å². The largest absolute Gasteiger partial charge is 0.326 e. The fourth-order valence-electron chi connectivity index (χ4n) is 2.21. The second kappa shape index (κ2) is 4.27. The third kappa shape index (κ3) is 1.60.